The molecule has 0 atom stereocenters. The lowest BCUT2D eigenvalue weighted by Gasteiger charge is -2.04. The molecule has 0 aliphatic rings. The molecule has 0 aliphatic carbocycles. The Hall–Kier alpha value is -2.91. The number of hydrogen-bond donors (Lipinski definition) is 1. The van der Waals surface area contributed by atoms with Crippen molar-refractivity contribution in [3.63, 3.8) is 0 Å². The van der Waals surface area contributed by atoms with E-state index in [-0.39, 0.29) is 23.1 Å². The number of rotatable bonds is 6. The zero-order chi connectivity index (χ0) is 18.7. The van der Waals surface area contributed by atoms with Crippen molar-refractivity contribution in [2.24, 2.45) is 0 Å². The average Bonchev–Trinajstić information content (AvgIpc) is 3.17. The number of halogens is 2. The summed E-state index contributed by atoms with van der Waals surface area (Å²) >= 11 is 12.2. The molecule has 0 aliphatic heterocycles. The second-order valence-corrected chi connectivity index (χ2v) is 6.13. The van der Waals surface area contributed by atoms with Crippen LogP contribution in [0.5, 0.6) is 0 Å². The molecule has 0 spiro atoms. The van der Waals surface area contributed by atoms with Crippen LogP contribution >= 0.6 is 23.2 Å². The molecule has 2 aromatic heterocycles. The minimum atomic E-state index is -0.589. The van der Waals surface area contributed by atoms with Crippen LogP contribution in [0.3, 0.4) is 0 Å². The zero-order valence-corrected chi connectivity index (χ0v) is 14.7. The van der Waals surface area contributed by atoms with Crippen molar-refractivity contribution in [3.05, 3.63) is 68.6 Å². The Bertz CT molecular complexity index is 968. The predicted octanol–water partition coefficient (Wildman–Crippen LogP) is 2.98. The molecule has 26 heavy (non-hydrogen) atoms. The fourth-order valence-electron chi connectivity index (χ4n) is 2.22. The summed E-state index contributed by atoms with van der Waals surface area (Å²) in [5.74, 6) is -0.279. The van der Waals surface area contributed by atoms with E-state index in [0.717, 1.165) is 22.6 Å². The summed E-state index contributed by atoms with van der Waals surface area (Å²) in [4.78, 5) is 22.1. The van der Waals surface area contributed by atoms with Crippen molar-refractivity contribution in [1.29, 1.82) is 0 Å². The largest absolute Gasteiger partial charge is 0.307 e. The number of anilines is 1. The lowest BCUT2D eigenvalue weighted by atomic mass is 10.2. The molecule has 0 fully saturated rings. The maximum atomic E-state index is 12.1. The standard InChI is InChI=1S/C15H12Cl2N6O3/c16-12-4-2-1-3-10(12)6-22-8-13(17)15(20-22)19-14(24)9-21-7-11(5-18-21)23(25)26/h1-5,7-8H,6,9H2,(H,19,20,24). The van der Waals surface area contributed by atoms with Gasteiger partial charge in [-0.2, -0.15) is 10.2 Å². The van der Waals surface area contributed by atoms with Crippen LogP contribution in [0.25, 0.3) is 0 Å². The van der Waals surface area contributed by atoms with Crippen LogP contribution in [-0.2, 0) is 17.9 Å². The van der Waals surface area contributed by atoms with Gasteiger partial charge < -0.3 is 5.32 Å². The molecule has 0 saturated carbocycles. The molecule has 0 bridgehead atoms. The molecule has 9 nitrogen and oxygen atoms in total. The van der Waals surface area contributed by atoms with Gasteiger partial charge in [0, 0.05) is 11.2 Å². The van der Waals surface area contributed by atoms with E-state index in [9.17, 15) is 14.9 Å². The van der Waals surface area contributed by atoms with Gasteiger partial charge in [0.05, 0.1) is 11.5 Å². The SMILES string of the molecule is O=C(Cn1cc([N+](=O)[O-])cn1)Nc1nn(Cc2ccccc2Cl)cc1Cl. The Morgan fingerprint density at radius 3 is 2.65 bits per heavy atom. The molecule has 3 aromatic rings. The van der Waals surface area contributed by atoms with Gasteiger partial charge in [0.1, 0.15) is 24.0 Å². The number of hydrogen-bond acceptors (Lipinski definition) is 5. The molecule has 11 heteroatoms. The van der Waals surface area contributed by atoms with E-state index in [1.807, 2.05) is 18.2 Å². The van der Waals surface area contributed by atoms with Crippen LogP contribution in [0.15, 0.2) is 42.9 Å². The Kier molecular flexibility index (Phi) is 5.19. The van der Waals surface area contributed by atoms with Crippen molar-refractivity contribution in [2.45, 2.75) is 13.1 Å². The molecular weight excluding hydrogens is 383 g/mol. The lowest BCUT2D eigenvalue weighted by Crippen LogP contribution is -2.19. The summed E-state index contributed by atoms with van der Waals surface area (Å²) in [5, 5.41) is 22.0. The lowest BCUT2D eigenvalue weighted by molar-refractivity contribution is -0.385. The van der Waals surface area contributed by atoms with Crippen LogP contribution < -0.4 is 5.32 Å². The summed E-state index contributed by atoms with van der Waals surface area (Å²) in [6.45, 7) is 0.183. The van der Waals surface area contributed by atoms with E-state index in [1.54, 1.807) is 16.9 Å². The number of benzene rings is 1. The average molecular weight is 395 g/mol. The summed E-state index contributed by atoms with van der Waals surface area (Å²) in [7, 11) is 0. The number of nitro groups is 1. The Morgan fingerprint density at radius 2 is 1.96 bits per heavy atom. The zero-order valence-electron chi connectivity index (χ0n) is 13.2. The third-order valence-corrected chi connectivity index (χ3v) is 4.05. The fraction of sp³-hybridized carbons (Fsp3) is 0.133. The number of carbonyl (C=O) groups is 1. The summed E-state index contributed by atoms with van der Waals surface area (Å²) in [6.07, 6.45) is 3.80. The van der Waals surface area contributed by atoms with E-state index in [0.29, 0.717) is 11.6 Å². The number of nitrogens with zero attached hydrogens (tertiary/aromatic N) is 5. The van der Waals surface area contributed by atoms with Gasteiger partial charge in [-0.3, -0.25) is 24.3 Å². The minimum Gasteiger partial charge on any atom is -0.306 e. The number of amides is 1. The minimum absolute atomic E-state index is 0.186. The first kappa shape index (κ1) is 17.9. The quantitative estimate of drug-likeness (QED) is 0.510. The topological polar surface area (TPSA) is 108 Å². The summed E-state index contributed by atoms with van der Waals surface area (Å²) in [6, 6.07) is 7.32. The van der Waals surface area contributed by atoms with Gasteiger partial charge in [0.25, 0.3) is 0 Å². The molecule has 1 amide bonds. The highest BCUT2D eigenvalue weighted by Crippen LogP contribution is 2.22. The molecule has 1 N–H and O–H groups in total. The Balaban J connectivity index is 1.66. The van der Waals surface area contributed by atoms with Crippen molar-refractivity contribution < 1.29 is 9.72 Å². The van der Waals surface area contributed by atoms with Crippen molar-refractivity contribution in [2.75, 3.05) is 5.32 Å². The van der Waals surface area contributed by atoms with Crippen molar-refractivity contribution in [1.82, 2.24) is 19.6 Å². The molecule has 134 valence electrons. The maximum absolute atomic E-state index is 12.1. The van der Waals surface area contributed by atoms with Gasteiger partial charge in [0.2, 0.25) is 5.91 Å². The van der Waals surface area contributed by atoms with Gasteiger partial charge in [-0.05, 0) is 11.6 Å². The molecule has 0 radical (unpaired) electrons. The number of carbonyl (C=O) groups excluding carboxylic acids is 1. The van der Waals surface area contributed by atoms with Crippen LogP contribution in [0.4, 0.5) is 11.5 Å². The van der Waals surface area contributed by atoms with Crippen molar-refractivity contribution in [3.8, 4) is 0 Å². The van der Waals surface area contributed by atoms with Crippen molar-refractivity contribution >= 4 is 40.6 Å². The van der Waals surface area contributed by atoms with Gasteiger partial charge in [-0.15, -0.1) is 0 Å². The molecule has 1 aromatic carbocycles. The number of aromatic nitrogens is 4. The van der Waals surface area contributed by atoms with Gasteiger partial charge in [-0.1, -0.05) is 41.4 Å². The molecule has 3 rings (SSSR count). The Morgan fingerprint density at radius 1 is 1.19 bits per heavy atom. The van der Waals surface area contributed by atoms with Crippen LogP contribution in [0, 0.1) is 10.1 Å². The third-order valence-electron chi connectivity index (χ3n) is 3.40. The van der Waals surface area contributed by atoms with Gasteiger partial charge >= 0.3 is 5.69 Å². The maximum Gasteiger partial charge on any atom is 0.307 e. The monoisotopic (exact) mass is 394 g/mol. The van der Waals surface area contributed by atoms with Gasteiger partial charge in [-0.25, -0.2) is 0 Å². The van der Waals surface area contributed by atoms with E-state index >= 15 is 0 Å². The predicted molar refractivity (Wildman–Crippen MR) is 95.3 cm³/mol. The highest BCUT2D eigenvalue weighted by atomic mass is 35.5. The normalized spacial score (nSPS) is 10.7. The second kappa shape index (κ2) is 7.54. The molecule has 0 unspecified atom stereocenters. The molecule has 0 saturated heterocycles. The first-order valence-corrected chi connectivity index (χ1v) is 8.11. The highest BCUT2D eigenvalue weighted by Gasteiger charge is 2.14. The van der Waals surface area contributed by atoms with Crippen LogP contribution in [0.1, 0.15) is 5.56 Å². The second-order valence-electron chi connectivity index (χ2n) is 5.32. The number of nitrogens with one attached hydrogen (secondary N) is 1. The molecule has 2 heterocycles. The van der Waals surface area contributed by atoms with Crippen LogP contribution in [-0.4, -0.2) is 30.4 Å². The summed E-state index contributed by atoms with van der Waals surface area (Å²) < 4.78 is 2.71. The summed E-state index contributed by atoms with van der Waals surface area (Å²) in [5.41, 5.74) is 0.662. The van der Waals surface area contributed by atoms with E-state index in [4.69, 9.17) is 23.2 Å². The van der Waals surface area contributed by atoms with E-state index in [2.05, 4.69) is 15.5 Å². The fourth-order valence-corrected chi connectivity index (χ4v) is 2.61. The van der Waals surface area contributed by atoms with Gasteiger partial charge in [0.15, 0.2) is 5.82 Å². The molecular formula is C15H12Cl2N6O3. The first-order chi connectivity index (χ1) is 12.4. The van der Waals surface area contributed by atoms with Crippen LogP contribution in [0.2, 0.25) is 10.0 Å². The van der Waals surface area contributed by atoms with E-state index < -0.39 is 10.8 Å². The highest BCUT2D eigenvalue weighted by molar-refractivity contribution is 6.33. The van der Waals surface area contributed by atoms with E-state index in [1.165, 1.54) is 0 Å². The first-order valence-electron chi connectivity index (χ1n) is 7.35. The Labute approximate surface area is 157 Å². The third kappa shape index (κ3) is 4.19. The smallest absolute Gasteiger partial charge is 0.306 e.